The van der Waals surface area contributed by atoms with Crippen molar-refractivity contribution in [2.75, 3.05) is 7.11 Å². The van der Waals surface area contributed by atoms with Crippen LogP contribution in [0.15, 0.2) is 64.4 Å². The van der Waals surface area contributed by atoms with Crippen LogP contribution in [-0.4, -0.2) is 21.8 Å². The van der Waals surface area contributed by atoms with Gasteiger partial charge in [-0.25, -0.2) is 4.98 Å². The molecule has 6 heteroatoms. The zero-order valence-corrected chi connectivity index (χ0v) is 16.3. The number of imidazole rings is 1. The first kappa shape index (κ1) is 18.0. The smallest absolute Gasteiger partial charge is 0.168 e. The van der Waals surface area contributed by atoms with Crippen LogP contribution < -0.4 is 4.74 Å². The summed E-state index contributed by atoms with van der Waals surface area (Å²) < 4.78 is 8.36. The minimum absolute atomic E-state index is 0.0541. The van der Waals surface area contributed by atoms with E-state index in [1.54, 1.807) is 18.9 Å². The number of thioether (sulfide) groups is 1. The molecule has 1 N–H and O–H groups in total. The predicted octanol–water partition coefficient (Wildman–Crippen LogP) is 4.49. The Hall–Kier alpha value is -1.76. The molecule has 0 amide bonds. The summed E-state index contributed by atoms with van der Waals surface area (Å²) in [6.45, 7) is 0.654. The lowest BCUT2D eigenvalue weighted by Gasteiger charge is -2.08. The Morgan fingerprint density at radius 2 is 1.76 bits per heavy atom. The van der Waals surface area contributed by atoms with Crippen molar-refractivity contribution in [3.63, 3.8) is 0 Å². The highest BCUT2D eigenvalue weighted by Gasteiger charge is 2.09. The molecule has 3 rings (SSSR count). The van der Waals surface area contributed by atoms with Gasteiger partial charge in [-0.15, -0.1) is 0 Å². The predicted molar refractivity (Wildman–Crippen MR) is 104 cm³/mol. The maximum Gasteiger partial charge on any atom is 0.168 e. The highest BCUT2D eigenvalue weighted by atomic mass is 79.9. The number of rotatable bonds is 7. The molecule has 2 aromatic carbocycles. The van der Waals surface area contributed by atoms with Crippen molar-refractivity contribution in [3.05, 3.63) is 76.0 Å². The Morgan fingerprint density at radius 1 is 1.08 bits per heavy atom. The number of methoxy groups -OCH3 is 1. The van der Waals surface area contributed by atoms with Crippen LogP contribution in [-0.2, 0) is 18.9 Å². The standard InChI is InChI=1S/C19H19BrN2O2S/c1-24-18-8-4-14(5-9-18)10-22-11-17(12-23)21-19(22)25-13-15-2-6-16(20)7-3-15/h2-9,11,23H,10,12-13H2,1H3. The van der Waals surface area contributed by atoms with Crippen molar-refractivity contribution in [1.82, 2.24) is 9.55 Å². The number of hydrogen-bond acceptors (Lipinski definition) is 4. The fourth-order valence-electron chi connectivity index (χ4n) is 2.41. The molecule has 0 radical (unpaired) electrons. The molecule has 0 atom stereocenters. The van der Waals surface area contributed by atoms with Gasteiger partial charge < -0.3 is 14.4 Å². The molecule has 1 heterocycles. The number of benzene rings is 2. The number of hydrogen-bond donors (Lipinski definition) is 1. The van der Waals surface area contributed by atoms with Crippen molar-refractivity contribution < 1.29 is 9.84 Å². The van der Waals surface area contributed by atoms with Gasteiger partial charge in [0.1, 0.15) is 5.75 Å². The first-order valence-electron chi connectivity index (χ1n) is 7.85. The second-order valence-corrected chi connectivity index (χ2v) is 7.42. The van der Waals surface area contributed by atoms with E-state index >= 15 is 0 Å². The third-order valence-electron chi connectivity index (χ3n) is 3.74. The van der Waals surface area contributed by atoms with E-state index in [0.29, 0.717) is 12.2 Å². The molecular weight excluding hydrogens is 400 g/mol. The summed E-state index contributed by atoms with van der Waals surface area (Å²) in [6.07, 6.45) is 1.91. The van der Waals surface area contributed by atoms with E-state index in [2.05, 4.69) is 37.6 Å². The summed E-state index contributed by atoms with van der Waals surface area (Å²) in [5.41, 5.74) is 3.08. The topological polar surface area (TPSA) is 47.3 Å². The fourth-order valence-corrected chi connectivity index (χ4v) is 3.63. The quantitative estimate of drug-likeness (QED) is 0.574. The third-order valence-corrected chi connectivity index (χ3v) is 5.34. The van der Waals surface area contributed by atoms with E-state index in [0.717, 1.165) is 26.7 Å². The van der Waals surface area contributed by atoms with Crippen LogP contribution in [0.3, 0.4) is 0 Å². The number of aliphatic hydroxyl groups is 1. The average molecular weight is 419 g/mol. The molecule has 0 saturated carbocycles. The van der Waals surface area contributed by atoms with E-state index in [4.69, 9.17) is 4.74 Å². The van der Waals surface area contributed by atoms with Gasteiger partial charge in [0.2, 0.25) is 0 Å². The van der Waals surface area contributed by atoms with Gasteiger partial charge >= 0.3 is 0 Å². The summed E-state index contributed by atoms with van der Waals surface area (Å²) in [5.74, 6) is 1.67. The third kappa shape index (κ3) is 4.87. The summed E-state index contributed by atoms with van der Waals surface area (Å²) >= 11 is 5.12. The maximum atomic E-state index is 9.42. The molecule has 3 aromatic rings. The molecule has 130 valence electrons. The van der Waals surface area contributed by atoms with Crippen molar-refractivity contribution in [2.24, 2.45) is 0 Å². The number of aromatic nitrogens is 2. The van der Waals surface area contributed by atoms with Gasteiger partial charge in [-0.1, -0.05) is 52.0 Å². The van der Waals surface area contributed by atoms with E-state index in [1.165, 1.54) is 5.56 Å². The number of nitrogens with zero attached hydrogens (tertiary/aromatic N) is 2. The fraction of sp³-hybridized carbons (Fsp3) is 0.211. The molecule has 0 unspecified atom stereocenters. The molecule has 0 fully saturated rings. The van der Waals surface area contributed by atoms with Crippen molar-refractivity contribution in [2.45, 2.75) is 24.1 Å². The highest BCUT2D eigenvalue weighted by molar-refractivity contribution is 9.10. The molecule has 0 bridgehead atoms. The molecule has 4 nitrogen and oxygen atoms in total. The van der Waals surface area contributed by atoms with Crippen LogP contribution in [0.2, 0.25) is 0 Å². The molecule has 1 aromatic heterocycles. The Kier molecular flexibility index (Phi) is 6.18. The van der Waals surface area contributed by atoms with E-state index in [-0.39, 0.29) is 6.61 Å². The van der Waals surface area contributed by atoms with Crippen LogP contribution in [0.4, 0.5) is 0 Å². The van der Waals surface area contributed by atoms with Crippen molar-refractivity contribution in [3.8, 4) is 5.75 Å². The van der Waals surface area contributed by atoms with E-state index < -0.39 is 0 Å². The first-order valence-corrected chi connectivity index (χ1v) is 9.63. The second kappa shape index (κ2) is 8.56. The van der Waals surface area contributed by atoms with Gasteiger partial charge in [0.25, 0.3) is 0 Å². The summed E-state index contributed by atoms with van der Waals surface area (Å²) in [5, 5.41) is 10.3. The molecule has 0 saturated heterocycles. The molecule has 25 heavy (non-hydrogen) atoms. The first-order chi connectivity index (χ1) is 12.2. The lowest BCUT2D eigenvalue weighted by atomic mass is 10.2. The van der Waals surface area contributed by atoms with Crippen LogP contribution in [0.5, 0.6) is 5.75 Å². The summed E-state index contributed by atoms with van der Waals surface area (Å²) in [6, 6.07) is 16.3. The Morgan fingerprint density at radius 3 is 2.40 bits per heavy atom. The van der Waals surface area contributed by atoms with Crippen molar-refractivity contribution >= 4 is 27.7 Å². The lowest BCUT2D eigenvalue weighted by molar-refractivity contribution is 0.277. The highest BCUT2D eigenvalue weighted by Crippen LogP contribution is 2.24. The molecule has 0 aliphatic carbocycles. The molecular formula is C19H19BrN2O2S. The average Bonchev–Trinajstić information content (AvgIpc) is 3.04. The lowest BCUT2D eigenvalue weighted by Crippen LogP contribution is -2.00. The minimum Gasteiger partial charge on any atom is -0.497 e. The second-order valence-electron chi connectivity index (χ2n) is 5.56. The number of aliphatic hydroxyl groups excluding tert-OH is 1. The van der Waals surface area contributed by atoms with E-state index in [1.807, 2.05) is 42.6 Å². The molecule has 0 spiro atoms. The Bertz CT molecular complexity index is 816. The van der Waals surface area contributed by atoms with Crippen LogP contribution in [0.1, 0.15) is 16.8 Å². The minimum atomic E-state index is -0.0541. The molecule has 0 aliphatic rings. The molecule has 0 aliphatic heterocycles. The van der Waals surface area contributed by atoms with Gasteiger partial charge in [-0.2, -0.15) is 0 Å². The van der Waals surface area contributed by atoms with Crippen molar-refractivity contribution in [1.29, 1.82) is 0 Å². The number of ether oxygens (including phenoxy) is 1. The summed E-state index contributed by atoms with van der Waals surface area (Å²) in [7, 11) is 1.66. The van der Waals surface area contributed by atoms with Gasteiger partial charge in [-0.3, -0.25) is 0 Å². The zero-order valence-electron chi connectivity index (χ0n) is 13.9. The Labute approximate surface area is 160 Å². The van der Waals surface area contributed by atoms with Gasteiger partial charge in [0, 0.05) is 23.0 Å². The normalized spacial score (nSPS) is 10.8. The SMILES string of the molecule is COc1ccc(Cn2cc(CO)nc2SCc2ccc(Br)cc2)cc1. The summed E-state index contributed by atoms with van der Waals surface area (Å²) in [4.78, 5) is 4.53. The van der Waals surface area contributed by atoms with Gasteiger partial charge in [-0.05, 0) is 35.4 Å². The van der Waals surface area contributed by atoms with Gasteiger partial charge in [0.05, 0.1) is 19.4 Å². The van der Waals surface area contributed by atoms with E-state index in [9.17, 15) is 5.11 Å². The number of halogens is 1. The van der Waals surface area contributed by atoms with Crippen LogP contribution in [0, 0.1) is 0 Å². The maximum absolute atomic E-state index is 9.42. The van der Waals surface area contributed by atoms with Gasteiger partial charge in [0.15, 0.2) is 5.16 Å². The monoisotopic (exact) mass is 418 g/mol. The zero-order chi connectivity index (χ0) is 17.6. The van der Waals surface area contributed by atoms with Crippen LogP contribution >= 0.6 is 27.7 Å². The van der Waals surface area contributed by atoms with Crippen LogP contribution in [0.25, 0.3) is 0 Å². The Balaban J connectivity index is 1.74. The largest absolute Gasteiger partial charge is 0.497 e.